The van der Waals surface area contributed by atoms with Crippen LogP contribution in [0.25, 0.3) is 0 Å². The van der Waals surface area contributed by atoms with Gasteiger partial charge >= 0.3 is 0 Å². The van der Waals surface area contributed by atoms with Gasteiger partial charge in [0.15, 0.2) is 0 Å². The molecule has 0 aliphatic heterocycles. The number of hydrogen-bond donors (Lipinski definition) is 1. The summed E-state index contributed by atoms with van der Waals surface area (Å²) in [6.45, 7) is 5.01. The Morgan fingerprint density at radius 2 is 1.79 bits per heavy atom. The molecule has 28 heavy (non-hydrogen) atoms. The maximum Gasteiger partial charge on any atom is 0.273 e. The quantitative estimate of drug-likeness (QED) is 0.625. The van der Waals surface area contributed by atoms with Gasteiger partial charge in [-0.05, 0) is 37.1 Å². The number of nitrogens with zero attached hydrogens (tertiary/aromatic N) is 3. The second-order valence-electron chi connectivity index (χ2n) is 6.72. The Morgan fingerprint density at radius 1 is 1.07 bits per heavy atom. The van der Waals surface area contributed by atoms with Gasteiger partial charge < -0.3 is 10.2 Å². The molecule has 0 fully saturated rings. The Labute approximate surface area is 170 Å². The Bertz CT molecular complexity index is 931. The fraction of sp³-hybridized carbons (Fsp3) is 0.227. The van der Waals surface area contributed by atoms with E-state index in [1.54, 1.807) is 17.2 Å². The van der Waals surface area contributed by atoms with Crippen LogP contribution in [0.1, 0.15) is 35.5 Å². The van der Waals surface area contributed by atoms with Gasteiger partial charge in [-0.2, -0.15) is 0 Å². The van der Waals surface area contributed by atoms with Crippen molar-refractivity contribution in [3.05, 3.63) is 88.7 Å². The molecule has 144 valence electrons. The first kappa shape index (κ1) is 19.8. The predicted molar refractivity (Wildman–Crippen MR) is 112 cm³/mol. The van der Waals surface area contributed by atoms with Crippen molar-refractivity contribution in [1.29, 1.82) is 0 Å². The van der Waals surface area contributed by atoms with Gasteiger partial charge in [0.2, 0.25) is 5.95 Å². The third-order valence-electron chi connectivity index (χ3n) is 4.35. The molecule has 6 heteroatoms. The summed E-state index contributed by atoms with van der Waals surface area (Å²) >= 11 is 6.18. The molecule has 1 aromatic heterocycles. The third kappa shape index (κ3) is 5.08. The Kier molecular flexibility index (Phi) is 6.61. The van der Waals surface area contributed by atoms with E-state index < -0.39 is 0 Å². The molecule has 0 unspecified atom stereocenters. The van der Waals surface area contributed by atoms with Crippen LogP contribution < -0.4 is 5.32 Å². The van der Waals surface area contributed by atoms with Gasteiger partial charge in [-0.1, -0.05) is 60.1 Å². The number of carbonyl (C=O) groups excluding carboxylic acids is 1. The highest BCUT2D eigenvalue weighted by atomic mass is 35.5. The van der Waals surface area contributed by atoms with Crippen molar-refractivity contribution in [1.82, 2.24) is 14.9 Å². The first-order valence-electron chi connectivity index (χ1n) is 9.20. The number of amides is 1. The lowest BCUT2D eigenvalue weighted by Gasteiger charge is -2.26. The second kappa shape index (κ2) is 9.33. The number of carbonyl (C=O) groups is 1. The van der Waals surface area contributed by atoms with Crippen LogP contribution in [0, 0.1) is 0 Å². The molecule has 3 rings (SSSR count). The van der Waals surface area contributed by atoms with Crippen molar-refractivity contribution in [3.8, 4) is 0 Å². The number of aromatic nitrogens is 2. The zero-order valence-corrected chi connectivity index (χ0v) is 16.7. The highest BCUT2D eigenvalue weighted by Crippen LogP contribution is 2.17. The molecule has 0 radical (unpaired) electrons. The fourth-order valence-corrected chi connectivity index (χ4v) is 3.00. The van der Waals surface area contributed by atoms with E-state index in [1.807, 2.05) is 68.4 Å². The highest BCUT2D eigenvalue weighted by molar-refractivity contribution is 6.31. The Balaban J connectivity index is 1.73. The highest BCUT2D eigenvalue weighted by Gasteiger charge is 2.20. The normalized spacial score (nSPS) is 10.7. The maximum absolute atomic E-state index is 13.1. The van der Waals surface area contributed by atoms with E-state index in [0.717, 1.165) is 11.1 Å². The molecule has 0 saturated heterocycles. The summed E-state index contributed by atoms with van der Waals surface area (Å²) in [5.41, 5.74) is 2.38. The predicted octanol–water partition coefficient (Wildman–Crippen LogP) is 4.79. The number of anilines is 1. The van der Waals surface area contributed by atoms with E-state index in [1.165, 1.54) is 0 Å². The summed E-state index contributed by atoms with van der Waals surface area (Å²) < 4.78 is 0. The van der Waals surface area contributed by atoms with Crippen molar-refractivity contribution in [3.63, 3.8) is 0 Å². The zero-order valence-electron chi connectivity index (χ0n) is 16.0. The molecule has 0 bridgehead atoms. The monoisotopic (exact) mass is 394 g/mol. The summed E-state index contributed by atoms with van der Waals surface area (Å²) in [6.07, 6.45) is 1.59. The summed E-state index contributed by atoms with van der Waals surface area (Å²) in [5, 5.41) is 3.81. The maximum atomic E-state index is 13.1. The second-order valence-corrected chi connectivity index (χ2v) is 7.13. The van der Waals surface area contributed by atoms with Crippen molar-refractivity contribution in [2.75, 3.05) is 5.32 Å². The molecule has 0 atom stereocenters. The first-order chi connectivity index (χ1) is 13.5. The van der Waals surface area contributed by atoms with Crippen LogP contribution in [-0.2, 0) is 13.1 Å². The van der Waals surface area contributed by atoms with Crippen molar-refractivity contribution in [2.24, 2.45) is 0 Å². The minimum Gasteiger partial charge on any atom is -0.350 e. The van der Waals surface area contributed by atoms with Crippen molar-refractivity contribution < 1.29 is 4.79 Å². The molecular formula is C22H23ClN4O. The number of nitrogens with one attached hydrogen (secondary N) is 1. The SMILES string of the molecule is CC(C)N(Cc1ccccc1)C(=O)c1ccnc(NCc2ccccc2Cl)n1. The topological polar surface area (TPSA) is 58.1 Å². The van der Waals surface area contributed by atoms with Gasteiger partial charge in [-0.3, -0.25) is 4.79 Å². The van der Waals surface area contributed by atoms with Crippen molar-refractivity contribution >= 4 is 23.5 Å². The number of hydrogen-bond acceptors (Lipinski definition) is 4. The van der Waals surface area contributed by atoms with Gasteiger partial charge in [0.05, 0.1) is 0 Å². The molecule has 0 saturated carbocycles. The summed E-state index contributed by atoms with van der Waals surface area (Å²) in [5.74, 6) is 0.274. The number of rotatable bonds is 7. The van der Waals surface area contributed by atoms with E-state index in [4.69, 9.17) is 11.6 Å². The van der Waals surface area contributed by atoms with E-state index in [0.29, 0.717) is 29.8 Å². The molecule has 1 N–H and O–H groups in total. The average molecular weight is 395 g/mol. The van der Waals surface area contributed by atoms with Crippen LogP contribution in [0.5, 0.6) is 0 Å². The Hall–Kier alpha value is -2.92. The lowest BCUT2D eigenvalue weighted by atomic mass is 10.1. The molecule has 0 aliphatic carbocycles. The van der Waals surface area contributed by atoms with Gasteiger partial charge in [0.25, 0.3) is 5.91 Å². The van der Waals surface area contributed by atoms with Crippen molar-refractivity contribution in [2.45, 2.75) is 33.0 Å². The van der Waals surface area contributed by atoms with E-state index in [9.17, 15) is 4.79 Å². The van der Waals surface area contributed by atoms with Crippen LogP contribution >= 0.6 is 11.6 Å². The molecule has 1 amide bonds. The largest absolute Gasteiger partial charge is 0.350 e. The molecule has 5 nitrogen and oxygen atoms in total. The van der Waals surface area contributed by atoms with Gasteiger partial charge in [0, 0.05) is 30.4 Å². The van der Waals surface area contributed by atoms with E-state index >= 15 is 0 Å². The first-order valence-corrected chi connectivity index (χ1v) is 9.57. The Morgan fingerprint density at radius 3 is 2.50 bits per heavy atom. The minimum absolute atomic E-state index is 0.0437. The van der Waals surface area contributed by atoms with E-state index in [2.05, 4.69) is 15.3 Å². The summed E-state index contributed by atoms with van der Waals surface area (Å²) in [4.78, 5) is 23.5. The lowest BCUT2D eigenvalue weighted by molar-refractivity contribution is 0.0684. The molecular weight excluding hydrogens is 372 g/mol. The van der Waals surface area contributed by atoms with Crippen LogP contribution in [0.2, 0.25) is 5.02 Å². The molecule has 0 spiro atoms. The van der Waals surface area contributed by atoms with Crippen LogP contribution in [0.15, 0.2) is 66.9 Å². The molecule has 3 aromatic rings. The van der Waals surface area contributed by atoms with Crippen LogP contribution in [-0.4, -0.2) is 26.8 Å². The smallest absolute Gasteiger partial charge is 0.273 e. The van der Waals surface area contributed by atoms with Crippen LogP contribution in [0.4, 0.5) is 5.95 Å². The fourth-order valence-electron chi connectivity index (χ4n) is 2.80. The zero-order chi connectivity index (χ0) is 19.9. The number of halogens is 1. The summed E-state index contributed by atoms with van der Waals surface area (Å²) in [7, 11) is 0. The molecule has 1 heterocycles. The number of benzene rings is 2. The third-order valence-corrected chi connectivity index (χ3v) is 4.72. The van der Waals surface area contributed by atoms with Gasteiger partial charge in [0.1, 0.15) is 5.69 Å². The molecule has 0 aliphatic rings. The van der Waals surface area contributed by atoms with Gasteiger partial charge in [-0.15, -0.1) is 0 Å². The lowest BCUT2D eigenvalue weighted by Crippen LogP contribution is -2.37. The van der Waals surface area contributed by atoms with Crippen LogP contribution in [0.3, 0.4) is 0 Å². The minimum atomic E-state index is -0.123. The molecule has 2 aromatic carbocycles. The van der Waals surface area contributed by atoms with E-state index in [-0.39, 0.29) is 11.9 Å². The standard InChI is InChI=1S/C22H23ClN4O/c1-16(2)27(15-17-8-4-3-5-9-17)21(28)20-12-13-24-22(26-20)25-14-18-10-6-7-11-19(18)23/h3-13,16H,14-15H2,1-2H3,(H,24,25,26). The summed E-state index contributed by atoms with van der Waals surface area (Å²) in [6, 6.07) is 19.2. The average Bonchev–Trinajstić information content (AvgIpc) is 2.72. The van der Waals surface area contributed by atoms with Gasteiger partial charge in [-0.25, -0.2) is 9.97 Å².